The Morgan fingerprint density at radius 3 is 1.70 bits per heavy atom. The highest BCUT2D eigenvalue weighted by Crippen LogP contribution is 2.26. The number of carbonyl (C=O) groups is 2. The highest BCUT2D eigenvalue weighted by molar-refractivity contribution is 6.07. The van der Waals surface area contributed by atoms with E-state index in [1.165, 1.54) is 11.1 Å². The van der Waals surface area contributed by atoms with Gasteiger partial charge in [0.1, 0.15) is 0 Å². The lowest BCUT2D eigenvalue weighted by Gasteiger charge is -2.09. The monoisotopic (exact) mass is 441 g/mol. The summed E-state index contributed by atoms with van der Waals surface area (Å²) in [6, 6.07) is 20.3. The van der Waals surface area contributed by atoms with Gasteiger partial charge in [-0.3, -0.25) is 0 Å². The van der Waals surface area contributed by atoms with Crippen LogP contribution < -0.4 is 21.3 Å². The molecular weight excluding hydrogens is 414 g/mol. The largest absolute Gasteiger partial charge is 0.359 e. The van der Waals surface area contributed by atoms with Crippen LogP contribution in [0.15, 0.2) is 72.9 Å². The molecule has 3 aromatic carbocycles. The molecule has 4 aromatic rings. The van der Waals surface area contributed by atoms with Crippen molar-refractivity contribution in [3.05, 3.63) is 84.1 Å². The van der Waals surface area contributed by atoms with Crippen LogP contribution in [-0.4, -0.2) is 17.0 Å². The minimum atomic E-state index is -0.323. The first kappa shape index (κ1) is 22.0. The molecule has 0 aliphatic rings. The lowest BCUT2D eigenvalue weighted by Crippen LogP contribution is -2.19. The van der Waals surface area contributed by atoms with E-state index in [9.17, 15) is 9.59 Å². The molecule has 0 radical (unpaired) electrons. The summed E-state index contributed by atoms with van der Waals surface area (Å²) in [6.45, 7) is 4.18. The molecule has 0 unspecified atom stereocenters. The van der Waals surface area contributed by atoms with Gasteiger partial charge in [-0.1, -0.05) is 38.1 Å². The van der Waals surface area contributed by atoms with E-state index in [1.807, 2.05) is 60.7 Å². The maximum Gasteiger partial charge on any atom is 0.323 e. The van der Waals surface area contributed by atoms with E-state index in [-0.39, 0.29) is 12.1 Å². The number of rotatable bonds is 6. The number of aromatic amines is 1. The molecular formula is C26H27N5O2. The number of hydrogen-bond acceptors (Lipinski definition) is 2. The summed E-state index contributed by atoms with van der Waals surface area (Å²) < 4.78 is 0. The maximum atomic E-state index is 12.4. The van der Waals surface area contributed by atoms with Crippen LogP contribution in [0.3, 0.4) is 0 Å². The van der Waals surface area contributed by atoms with E-state index >= 15 is 0 Å². The normalized spacial score (nSPS) is 10.6. The van der Waals surface area contributed by atoms with Crippen LogP contribution in [0.25, 0.3) is 10.9 Å². The number of fused-ring (bicyclic) bond motifs is 1. The SMILES string of the molecule is CCc1ccc(NC(=O)Nc2ccc3c(NC(=O)Nc4ccc(CC)cc4)c[nH]c3c2)cc1. The number of nitrogens with one attached hydrogen (secondary N) is 5. The quantitative estimate of drug-likeness (QED) is 0.233. The van der Waals surface area contributed by atoms with Crippen LogP contribution in [0, 0.1) is 0 Å². The minimum Gasteiger partial charge on any atom is -0.359 e. The van der Waals surface area contributed by atoms with Crippen molar-refractivity contribution in [1.82, 2.24) is 4.98 Å². The Labute approximate surface area is 192 Å². The van der Waals surface area contributed by atoms with Gasteiger partial charge < -0.3 is 26.3 Å². The highest BCUT2D eigenvalue weighted by Gasteiger charge is 2.10. The molecule has 1 aromatic heterocycles. The van der Waals surface area contributed by atoms with E-state index in [2.05, 4.69) is 40.1 Å². The summed E-state index contributed by atoms with van der Waals surface area (Å²) in [5.41, 5.74) is 5.97. The third-order valence-electron chi connectivity index (χ3n) is 5.43. The summed E-state index contributed by atoms with van der Waals surface area (Å²) in [4.78, 5) is 27.9. The molecule has 4 amide bonds. The lowest BCUT2D eigenvalue weighted by molar-refractivity contribution is 0.261. The standard InChI is InChI=1S/C26H27N5O2/c1-3-17-5-9-19(10-6-17)28-25(32)30-21-13-14-22-23(15-21)27-16-24(22)31-26(33)29-20-11-7-18(4-2)8-12-20/h5-16,27H,3-4H2,1-2H3,(H2,28,30,32)(H2,29,31,33). The number of amides is 4. The maximum absolute atomic E-state index is 12.4. The second-order valence-electron chi connectivity index (χ2n) is 7.72. The Morgan fingerprint density at radius 2 is 1.15 bits per heavy atom. The van der Waals surface area contributed by atoms with E-state index in [0.29, 0.717) is 11.4 Å². The van der Waals surface area contributed by atoms with Crippen molar-refractivity contribution >= 4 is 45.7 Å². The molecule has 5 N–H and O–H groups in total. The second kappa shape index (κ2) is 9.91. The molecule has 7 nitrogen and oxygen atoms in total. The van der Waals surface area contributed by atoms with E-state index < -0.39 is 0 Å². The predicted molar refractivity (Wildman–Crippen MR) is 135 cm³/mol. The van der Waals surface area contributed by atoms with Crippen LogP contribution in [-0.2, 0) is 12.8 Å². The van der Waals surface area contributed by atoms with Gasteiger partial charge in [0.05, 0.1) is 5.69 Å². The first-order chi connectivity index (χ1) is 16.0. The molecule has 0 bridgehead atoms. The zero-order chi connectivity index (χ0) is 23.2. The van der Waals surface area contributed by atoms with Crippen LogP contribution in [0.4, 0.5) is 32.3 Å². The van der Waals surface area contributed by atoms with Crippen molar-refractivity contribution in [1.29, 1.82) is 0 Å². The molecule has 0 saturated carbocycles. The average molecular weight is 442 g/mol. The van der Waals surface area contributed by atoms with Gasteiger partial charge in [-0.15, -0.1) is 0 Å². The van der Waals surface area contributed by atoms with Crippen molar-refractivity contribution in [2.24, 2.45) is 0 Å². The van der Waals surface area contributed by atoms with Crippen molar-refractivity contribution in [3.8, 4) is 0 Å². The van der Waals surface area contributed by atoms with Gasteiger partial charge in [-0.2, -0.15) is 0 Å². The Kier molecular flexibility index (Phi) is 6.59. The first-order valence-corrected chi connectivity index (χ1v) is 11.0. The fourth-order valence-electron chi connectivity index (χ4n) is 3.53. The van der Waals surface area contributed by atoms with Gasteiger partial charge in [0.25, 0.3) is 0 Å². The van der Waals surface area contributed by atoms with Gasteiger partial charge in [-0.25, -0.2) is 9.59 Å². The summed E-state index contributed by atoms with van der Waals surface area (Å²) >= 11 is 0. The third-order valence-corrected chi connectivity index (χ3v) is 5.43. The molecule has 0 atom stereocenters. The van der Waals surface area contributed by atoms with Gasteiger partial charge in [0, 0.05) is 34.2 Å². The van der Waals surface area contributed by atoms with Crippen molar-refractivity contribution in [2.45, 2.75) is 26.7 Å². The Morgan fingerprint density at radius 1 is 0.667 bits per heavy atom. The number of benzene rings is 3. The fraction of sp³-hybridized carbons (Fsp3) is 0.154. The molecule has 4 rings (SSSR count). The van der Waals surface area contributed by atoms with E-state index in [4.69, 9.17) is 0 Å². The van der Waals surface area contributed by atoms with Gasteiger partial charge in [0.15, 0.2) is 0 Å². The number of anilines is 4. The number of H-pyrrole nitrogens is 1. The van der Waals surface area contributed by atoms with E-state index in [0.717, 1.165) is 35.1 Å². The zero-order valence-corrected chi connectivity index (χ0v) is 18.7. The Balaban J connectivity index is 1.37. The second-order valence-corrected chi connectivity index (χ2v) is 7.72. The van der Waals surface area contributed by atoms with Gasteiger partial charge in [0.2, 0.25) is 0 Å². The van der Waals surface area contributed by atoms with Crippen LogP contribution in [0.5, 0.6) is 0 Å². The molecule has 33 heavy (non-hydrogen) atoms. The molecule has 168 valence electrons. The van der Waals surface area contributed by atoms with Gasteiger partial charge >= 0.3 is 12.1 Å². The highest BCUT2D eigenvalue weighted by atomic mass is 16.2. The average Bonchev–Trinajstić information content (AvgIpc) is 3.21. The topological polar surface area (TPSA) is 98.1 Å². The summed E-state index contributed by atoms with van der Waals surface area (Å²) in [5.74, 6) is 0. The number of aromatic nitrogens is 1. The molecule has 0 spiro atoms. The number of hydrogen-bond donors (Lipinski definition) is 5. The fourth-order valence-corrected chi connectivity index (χ4v) is 3.53. The number of carbonyl (C=O) groups excluding carboxylic acids is 2. The van der Waals surface area contributed by atoms with Crippen LogP contribution in [0.1, 0.15) is 25.0 Å². The smallest absolute Gasteiger partial charge is 0.323 e. The van der Waals surface area contributed by atoms with Crippen molar-refractivity contribution < 1.29 is 9.59 Å². The summed E-state index contributed by atoms with van der Waals surface area (Å²) in [7, 11) is 0. The van der Waals surface area contributed by atoms with Crippen molar-refractivity contribution in [3.63, 3.8) is 0 Å². The molecule has 0 fully saturated rings. The first-order valence-electron chi connectivity index (χ1n) is 11.0. The zero-order valence-electron chi connectivity index (χ0n) is 18.7. The van der Waals surface area contributed by atoms with Crippen LogP contribution >= 0.6 is 0 Å². The Bertz CT molecular complexity index is 1260. The van der Waals surface area contributed by atoms with E-state index in [1.54, 1.807) is 12.3 Å². The van der Waals surface area contributed by atoms with Gasteiger partial charge in [-0.05, 0) is 66.4 Å². The summed E-state index contributed by atoms with van der Waals surface area (Å²) in [6.07, 6.45) is 3.63. The molecule has 7 heteroatoms. The van der Waals surface area contributed by atoms with Crippen LogP contribution in [0.2, 0.25) is 0 Å². The van der Waals surface area contributed by atoms with Crippen molar-refractivity contribution in [2.75, 3.05) is 21.3 Å². The Hall–Kier alpha value is -4.26. The minimum absolute atomic E-state index is 0.322. The lowest BCUT2D eigenvalue weighted by atomic mass is 10.1. The molecule has 0 saturated heterocycles. The number of urea groups is 2. The predicted octanol–water partition coefficient (Wildman–Crippen LogP) is 6.58. The molecule has 1 heterocycles. The third kappa shape index (κ3) is 5.51. The summed E-state index contributed by atoms with van der Waals surface area (Å²) in [5, 5.41) is 12.2. The molecule has 0 aliphatic carbocycles. The molecule has 0 aliphatic heterocycles. The number of aryl methyl sites for hydroxylation is 2.